The number of benzene rings is 1. The Morgan fingerprint density at radius 1 is 1.35 bits per heavy atom. The van der Waals surface area contributed by atoms with Crippen molar-refractivity contribution < 1.29 is 5.11 Å². The first-order chi connectivity index (χ1) is 9.61. The number of aliphatic hydroxyl groups is 1. The van der Waals surface area contributed by atoms with Crippen LogP contribution in [0.25, 0.3) is 5.69 Å². The molecule has 1 atom stereocenters. The lowest BCUT2D eigenvalue weighted by atomic mass is 9.95. The van der Waals surface area contributed by atoms with Crippen molar-refractivity contribution in [2.75, 3.05) is 0 Å². The van der Waals surface area contributed by atoms with E-state index in [1.807, 2.05) is 0 Å². The number of aromatic nitrogens is 1. The number of hydrogen-bond acceptors (Lipinski definition) is 1. The molecule has 0 aliphatic heterocycles. The molecule has 1 N–H and O–H groups in total. The normalized spacial score (nSPS) is 18.1. The van der Waals surface area contributed by atoms with Crippen LogP contribution in [0, 0.1) is 6.92 Å². The minimum Gasteiger partial charge on any atom is -0.388 e. The molecule has 2 nitrogen and oxygen atoms in total. The first-order valence-electron chi connectivity index (χ1n) is 7.29. The Balaban J connectivity index is 2.20. The summed E-state index contributed by atoms with van der Waals surface area (Å²) in [5.74, 6) is 0. The number of fused-ring (bicyclic) bond motifs is 1. The SMILES string of the molecule is CCc1cc(Br)ccc1-n1c(C)cc2c1CCCC2O. The van der Waals surface area contributed by atoms with Gasteiger partial charge in [-0.2, -0.15) is 0 Å². The van der Waals surface area contributed by atoms with Crippen LogP contribution >= 0.6 is 15.9 Å². The predicted molar refractivity (Wildman–Crippen MR) is 85.5 cm³/mol. The third-order valence-corrected chi connectivity index (χ3v) is 4.73. The van der Waals surface area contributed by atoms with Crippen molar-refractivity contribution in [1.82, 2.24) is 4.57 Å². The highest BCUT2D eigenvalue weighted by molar-refractivity contribution is 9.10. The van der Waals surface area contributed by atoms with E-state index in [2.05, 4.69) is 58.6 Å². The third-order valence-electron chi connectivity index (χ3n) is 4.23. The number of nitrogens with zero attached hydrogens (tertiary/aromatic N) is 1. The number of rotatable bonds is 2. The van der Waals surface area contributed by atoms with E-state index in [-0.39, 0.29) is 6.10 Å². The van der Waals surface area contributed by atoms with E-state index in [0.717, 1.165) is 35.7 Å². The fourth-order valence-electron chi connectivity index (χ4n) is 3.27. The molecule has 3 rings (SSSR count). The molecule has 1 aliphatic rings. The zero-order chi connectivity index (χ0) is 14.3. The summed E-state index contributed by atoms with van der Waals surface area (Å²) in [6.07, 6.45) is 3.72. The summed E-state index contributed by atoms with van der Waals surface area (Å²) in [4.78, 5) is 0. The molecule has 0 spiro atoms. The molecule has 1 heterocycles. The van der Waals surface area contributed by atoms with E-state index in [4.69, 9.17) is 0 Å². The summed E-state index contributed by atoms with van der Waals surface area (Å²) < 4.78 is 3.46. The highest BCUT2D eigenvalue weighted by Gasteiger charge is 2.24. The molecule has 2 aromatic rings. The van der Waals surface area contributed by atoms with Crippen LogP contribution in [-0.2, 0) is 12.8 Å². The smallest absolute Gasteiger partial charge is 0.0807 e. The van der Waals surface area contributed by atoms with Gasteiger partial charge in [0.25, 0.3) is 0 Å². The Hall–Kier alpha value is -1.06. The lowest BCUT2D eigenvalue weighted by Gasteiger charge is -2.22. The maximum Gasteiger partial charge on any atom is 0.0807 e. The van der Waals surface area contributed by atoms with E-state index >= 15 is 0 Å². The second kappa shape index (κ2) is 5.38. The van der Waals surface area contributed by atoms with Crippen molar-refractivity contribution in [3.05, 3.63) is 51.3 Å². The van der Waals surface area contributed by atoms with Crippen molar-refractivity contribution in [3.8, 4) is 5.69 Å². The van der Waals surface area contributed by atoms with Gasteiger partial charge >= 0.3 is 0 Å². The first-order valence-corrected chi connectivity index (χ1v) is 8.09. The van der Waals surface area contributed by atoms with Crippen LogP contribution in [-0.4, -0.2) is 9.67 Å². The fraction of sp³-hybridized carbons (Fsp3) is 0.412. The zero-order valence-corrected chi connectivity index (χ0v) is 13.6. The molecule has 0 saturated heterocycles. The van der Waals surface area contributed by atoms with Crippen molar-refractivity contribution in [2.45, 2.75) is 45.6 Å². The van der Waals surface area contributed by atoms with Crippen molar-refractivity contribution in [2.24, 2.45) is 0 Å². The van der Waals surface area contributed by atoms with Gasteiger partial charge in [0.1, 0.15) is 0 Å². The van der Waals surface area contributed by atoms with Gasteiger partial charge in [-0.3, -0.25) is 0 Å². The number of aryl methyl sites for hydroxylation is 2. The van der Waals surface area contributed by atoms with Gasteiger partial charge in [0.2, 0.25) is 0 Å². The lowest BCUT2D eigenvalue weighted by Crippen LogP contribution is -2.12. The molecule has 0 bridgehead atoms. The van der Waals surface area contributed by atoms with Gasteiger partial charge in [0.15, 0.2) is 0 Å². The molecule has 3 heteroatoms. The van der Waals surface area contributed by atoms with Gasteiger partial charge in [-0.05, 0) is 62.4 Å². The third kappa shape index (κ3) is 2.23. The van der Waals surface area contributed by atoms with Crippen LogP contribution in [0.4, 0.5) is 0 Å². The molecule has 1 unspecified atom stereocenters. The van der Waals surface area contributed by atoms with Gasteiger partial charge in [0.05, 0.1) is 6.10 Å². The van der Waals surface area contributed by atoms with Crippen LogP contribution in [0.15, 0.2) is 28.7 Å². The van der Waals surface area contributed by atoms with Crippen LogP contribution in [0.5, 0.6) is 0 Å². The van der Waals surface area contributed by atoms with Gasteiger partial charge in [-0.1, -0.05) is 22.9 Å². The maximum atomic E-state index is 10.2. The summed E-state index contributed by atoms with van der Waals surface area (Å²) in [6, 6.07) is 8.62. The Morgan fingerprint density at radius 3 is 2.90 bits per heavy atom. The number of halogens is 1. The Morgan fingerprint density at radius 2 is 2.15 bits per heavy atom. The monoisotopic (exact) mass is 333 g/mol. The van der Waals surface area contributed by atoms with Crippen LogP contribution in [0.1, 0.15) is 48.4 Å². The molecule has 0 fully saturated rings. The second-order valence-corrected chi connectivity index (χ2v) is 6.47. The second-order valence-electron chi connectivity index (χ2n) is 5.56. The highest BCUT2D eigenvalue weighted by atomic mass is 79.9. The average Bonchev–Trinajstić information content (AvgIpc) is 2.77. The van der Waals surface area contributed by atoms with Crippen molar-refractivity contribution >= 4 is 15.9 Å². The fourth-order valence-corrected chi connectivity index (χ4v) is 3.68. The molecule has 20 heavy (non-hydrogen) atoms. The maximum absolute atomic E-state index is 10.2. The molecule has 106 valence electrons. The molecule has 1 aliphatic carbocycles. The largest absolute Gasteiger partial charge is 0.388 e. The minimum absolute atomic E-state index is 0.292. The van der Waals surface area contributed by atoms with Crippen molar-refractivity contribution in [3.63, 3.8) is 0 Å². The topological polar surface area (TPSA) is 25.2 Å². The average molecular weight is 334 g/mol. The van der Waals surface area contributed by atoms with Crippen LogP contribution in [0.2, 0.25) is 0 Å². The van der Waals surface area contributed by atoms with Crippen LogP contribution in [0.3, 0.4) is 0 Å². The minimum atomic E-state index is -0.292. The number of hydrogen-bond donors (Lipinski definition) is 1. The summed E-state index contributed by atoms with van der Waals surface area (Å²) in [6.45, 7) is 4.32. The standard InChI is InChI=1S/C17H20BrNO/c1-3-12-10-13(18)7-8-15(12)19-11(2)9-14-16(19)5-4-6-17(14)20/h7-10,17,20H,3-6H2,1-2H3. The predicted octanol–water partition coefficient (Wildman–Crippen LogP) is 4.48. The Kier molecular flexibility index (Phi) is 3.74. The van der Waals surface area contributed by atoms with E-state index < -0.39 is 0 Å². The molecular weight excluding hydrogens is 314 g/mol. The van der Waals surface area contributed by atoms with Gasteiger partial charge in [-0.15, -0.1) is 0 Å². The van der Waals surface area contributed by atoms with E-state index in [0.29, 0.717) is 0 Å². The first kappa shape index (κ1) is 13.9. The molecule has 1 aromatic heterocycles. The lowest BCUT2D eigenvalue weighted by molar-refractivity contribution is 0.156. The molecule has 1 aromatic carbocycles. The molecule has 0 radical (unpaired) electrons. The van der Waals surface area contributed by atoms with E-state index in [1.165, 1.54) is 22.6 Å². The van der Waals surface area contributed by atoms with Gasteiger partial charge in [0, 0.05) is 27.1 Å². The Bertz CT molecular complexity index is 645. The summed E-state index contributed by atoms with van der Waals surface area (Å²) in [7, 11) is 0. The summed E-state index contributed by atoms with van der Waals surface area (Å²) in [5.41, 5.74) is 6.22. The zero-order valence-electron chi connectivity index (χ0n) is 12.0. The molecular formula is C17H20BrNO. The summed E-state index contributed by atoms with van der Waals surface area (Å²) >= 11 is 3.55. The van der Waals surface area contributed by atoms with Crippen molar-refractivity contribution in [1.29, 1.82) is 0 Å². The quantitative estimate of drug-likeness (QED) is 0.861. The van der Waals surface area contributed by atoms with Crippen LogP contribution < -0.4 is 0 Å². The van der Waals surface area contributed by atoms with E-state index in [1.54, 1.807) is 0 Å². The Labute approximate surface area is 128 Å². The highest BCUT2D eigenvalue weighted by Crippen LogP contribution is 2.35. The van der Waals surface area contributed by atoms with Gasteiger partial charge < -0.3 is 9.67 Å². The molecule has 0 amide bonds. The molecule has 0 saturated carbocycles. The van der Waals surface area contributed by atoms with E-state index in [9.17, 15) is 5.11 Å². The van der Waals surface area contributed by atoms with Gasteiger partial charge in [-0.25, -0.2) is 0 Å². The summed E-state index contributed by atoms with van der Waals surface area (Å²) in [5, 5.41) is 10.2. The number of aliphatic hydroxyl groups excluding tert-OH is 1.